The van der Waals surface area contributed by atoms with Crippen LogP contribution >= 0.6 is 0 Å². The largest absolute Gasteiger partial charge is 0.309 e. The highest BCUT2D eigenvalue weighted by molar-refractivity contribution is 6.10. The van der Waals surface area contributed by atoms with Crippen molar-refractivity contribution in [3.63, 3.8) is 0 Å². The molecule has 0 aliphatic heterocycles. The molecule has 0 radical (unpaired) electrons. The Morgan fingerprint density at radius 3 is 1.41 bits per heavy atom. The molecule has 3 heterocycles. The maximum Gasteiger partial charge on any atom is 0.165 e. The van der Waals surface area contributed by atoms with Gasteiger partial charge >= 0.3 is 0 Å². The monoisotopic (exact) mass is 877 g/mol. The van der Waals surface area contributed by atoms with Crippen LogP contribution in [0.25, 0.3) is 100 Å². The van der Waals surface area contributed by atoms with Crippen molar-refractivity contribution in [2.45, 2.75) is 52.4 Å². The summed E-state index contributed by atoms with van der Waals surface area (Å²) in [6, 6.07) is 65.2. The first kappa shape index (κ1) is 42.0. The van der Waals surface area contributed by atoms with E-state index < -0.39 is 0 Å². The van der Waals surface area contributed by atoms with Crippen LogP contribution in [0, 0.1) is 22.7 Å². The third-order valence-electron chi connectivity index (χ3n) is 13.2. The summed E-state index contributed by atoms with van der Waals surface area (Å²) in [7, 11) is 0. The topological polar surface area (TPSA) is 96.1 Å². The Labute approximate surface area is 395 Å². The van der Waals surface area contributed by atoms with E-state index in [2.05, 4.69) is 172 Å². The second kappa shape index (κ2) is 16.0. The Morgan fingerprint density at radius 2 is 0.868 bits per heavy atom. The van der Waals surface area contributed by atoms with Crippen molar-refractivity contribution in [1.82, 2.24) is 24.1 Å². The van der Waals surface area contributed by atoms with E-state index in [0.717, 1.165) is 61.1 Å². The van der Waals surface area contributed by atoms with Gasteiger partial charge in [-0.25, -0.2) is 15.0 Å². The van der Waals surface area contributed by atoms with Crippen LogP contribution in [0.4, 0.5) is 0 Å². The molecule has 326 valence electrons. The summed E-state index contributed by atoms with van der Waals surface area (Å²) in [4.78, 5) is 15.5. The van der Waals surface area contributed by atoms with Crippen molar-refractivity contribution in [2.75, 3.05) is 0 Å². The number of nitriles is 2. The van der Waals surface area contributed by atoms with Gasteiger partial charge < -0.3 is 9.13 Å². The van der Waals surface area contributed by atoms with Crippen molar-refractivity contribution in [3.05, 3.63) is 198 Å². The molecule has 11 aromatic rings. The zero-order chi connectivity index (χ0) is 46.9. The molecule has 0 aliphatic carbocycles. The predicted octanol–water partition coefficient (Wildman–Crippen LogP) is 15.1. The Morgan fingerprint density at radius 1 is 0.382 bits per heavy atom. The normalized spacial score (nSPS) is 11.9. The van der Waals surface area contributed by atoms with Gasteiger partial charge in [0.05, 0.1) is 45.3 Å². The minimum atomic E-state index is -0.0110. The number of aromatic nitrogens is 5. The van der Waals surface area contributed by atoms with Crippen LogP contribution in [0.15, 0.2) is 176 Å². The first-order chi connectivity index (χ1) is 32.9. The van der Waals surface area contributed by atoms with Crippen molar-refractivity contribution < 1.29 is 0 Å². The molecule has 0 aliphatic rings. The van der Waals surface area contributed by atoms with E-state index >= 15 is 0 Å². The maximum atomic E-state index is 10.9. The van der Waals surface area contributed by atoms with Gasteiger partial charge in [-0.15, -0.1) is 0 Å². The van der Waals surface area contributed by atoms with Gasteiger partial charge in [0.1, 0.15) is 0 Å². The van der Waals surface area contributed by atoms with Gasteiger partial charge in [-0.05, 0) is 118 Å². The molecule has 0 saturated carbocycles. The Bertz CT molecular complexity index is 3880. The molecule has 7 nitrogen and oxygen atoms in total. The second-order valence-corrected chi connectivity index (χ2v) is 19.6. The van der Waals surface area contributed by atoms with Gasteiger partial charge in [0.25, 0.3) is 0 Å². The average Bonchev–Trinajstić information content (AvgIpc) is 3.88. The molecule has 0 bridgehead atoms. The van der Waals surface area contributed by atoms with Gasteiger partial charge in [-0.2, -0.15) is 10.5 Å². The van der Waals surface area contributed by atoms with Gasteiger partial charge in [0, 0.05) is 49.6 Å². The second-order valence-electron chi connectivity index (χ2n) is 19.6. The van der Waals surface area contributed by atoms with E-state index in [0.29, 0.717) is 34.2 Å². The third-order valence-corrected chi connectivity index (χ3v) is 13.2. The van der Waals surface area contributed by atoms with Crippen LogP contribution in [-0.4, -0.2) is 24.1 Å². The Hall–Kier alpha value is -8.65. The Balaban J connectivity index is 1.11. The van der Waals surface area contributed by atoms with Crippen LogP contribution in [0.1, 0.15) is 63.8 Å². The van der Waals surface area contributed by atoms with Crippen molar-refractivity contribution in [3.8, 4) is 68.8 Å². The lowest BCUT2D eigenvalue weighted by atomic mass is 9.86. The lowest BCUT2D eigenvalue weighted by molar-refractivity contribution is 0.591. The van der Waals surface area contributed by atoms with Crippen LogP contribution in [0.5, 0.6) is 0 Å². The molecule has 0 spiro atoms. The van der Waals surface area contributed by atoms with Gasteiger partial charge in [-0.3, -0.25) is 0 Å². The highest BCUT2D eigenvalue weighted by Gasteiger charge is 2.23. The lowest BCUT2D eigenvalue weighted by Crippen LogP contribution is -2.10. The van der Waals surface area contributed by atoms with Crippen molar-refractivity contribution in [1.29, 1.82) is 10.5 Å². The molecule has 0 atom stereocenters. The van der Waals surface area contributed by atoms with Crippen molar-refractivity contribution >= 4 is 43.6 Å². The molecule has 3 aromatic heterocycles. The number of benzene rings is 8. The van der Waals surface area contributed by atoms with E-state index in [1.54, 1.807) is 0 Å². The molecule has 0 N–H and O–H groups in total. The molecular weight excluding hydrogens is 831 g/mol. The number of para-hydroxylation sites is 2. The van der Waals surface area contributed by atoms with Gasteiger partial charge in [-0.1, -0.05) is 133 Å². The van der Waals surface area contributed by atoms with Gasteiger partial charge in [0.15, 0.2) is 17.5 Å². The van der Waals surface area contributed by atoms with Gasteiger partial charge in [0.2, 0.25) is 0 Å². The number of hydrogen-bond acceptors (Lipinski definition) is 5. The molecule has 0 fully saturated rings. The summed E-state index contributed by atoms with van der Waals surface area (Å²) in [5.74, 6) is 1.34. The fourth-order valence-corrected chi connectivity index (χ4v) is 9.56. The zero-order valence-electron chi connectivity index (χ0n) is 38.9. The summed E-state index contributed by atoms with van der Waals surface area (Å²) in [5, 5.41) is 25.4. The van der Waals surface area contributed by atoms with Crippen LogP contribution in [0.3, 0.4) is 0 Å². The van der Waals surface area contributed by atoms with Crippen LogP contribution < -0.4 is 0 Å². The SMILES string of the molecule is CC(C)(C)c1ccc2c(c1)c1ccccc1n2-c1ccc(-c2nc(-c3ccccc3)nc(-c3ccc(-n4c5ccccc5c5cc(C(C)(C)C)ccc54)cc3-c3ccc(C#N)cc3)n2)c(C#N)c1. The number of hydrogen-bond donors (Lipinski definition) is 0. The van der Waals surface area contributed by atoms with Crippen molar-refractivity contribution in [2.24, 2.45) is 0 Å². The van der Waals surface area contributed by atoms with Crippen LogP contribution in [0.2, 0.25) is 0 Å². The quantitative estimate of drug-likeness (QED) is 0.166. The lowest BCUT2D eigenvalue weighted by Gasteiger charge is -2.19. The van der Waals surface area contributed by atoms with E-state index in [1.807, 2.05) is 66.7 Å². The first-order valence-electron chi connectivity index (χ1n) is 23.0. The maximum absolute atomic E-state index is 10.9. The average molecular weight is 878 g/mol. The molecule has 8 aromatic carbocycles. The van der Waals surface area contributed by atoms with E-state index in [1.165, 1.54) is 27.3 Å². The van der Waals surface area contributed by atoms with E-state index in [-0.39, 0.29) is 10.8 Å². The highest BCUT2D eigenvalue weighted by Crippen LogP contribution is 2.41. The third kappa shape index (κ3) is 7.17. The van der Waals surface area contributed by atoms with E-state index in [4.69, 9.17) is 15.0 Å². The zero-order valence-corrected chi connectivity index (χ0v) is 38.9. The fourth-order valence-electron chi connectivity index (χ4n) is 9.56. The fraction of sp³-hybridized carbons (Fsp3) is 0.131. The number of rotatable bonds is 6. The van der Waals surface area contributed by atoms with E-state index in [9.17, 15) is 10.5 Å². The highest BCUT2D eigenvalue weighted by atomic mass is 15.0. The molecule has 7 heteroatoms. The Kier molecular flexibility index (Phi) is 9.92. The first-order valence-corrected chi connectivity index (χ1v) is 23.0. The molecule has 0 unspecified atom stereocenters. The van der Waals surface area contributed by atoms with Crippen LogP contribution in [-0.2, 0) is 10.8 Å². The summed E-state index contributed by atoms with van der Waals surface area (Å²) < 4.78 is 4.56. The minimum absolute atomic E-state index is 0.0110. The summed E-state index contributed by atoms with van der Waals surface area (Å²) in [6.07, 6.45) is 0. The summed E-state index contributed by atoms with van der Waals surface area (Å²) in [5.41, 5.74) is 13.7. The molecule has 11 rings (SSSR count). The summed E-state index contributed by atoms with van der Waals surface area (Å²) >= 11 is 0. The molecule has 68 heavy (non-hydrogen) atoms. The summed E-state index contributed by atoms with van der Waals surface area (Å²) in [6.45, 7) is 13.4. The predicted molar refractivity (Wildman–Crippen MR) is 277 cm³/mol. The molecule has 0 saturated heterocycles. The minimum Gasteiger partial charge on any atom is -0.309 e. The smallest absolute Gasteiger partial charge is 0.165 e. The molecular formula is C61H47N7. The molecule has 0 amide bonds. The standard InChI is InChI=1S/C61H47N7/c1-60(2,3)42-24-30-55-51(33-42)47-16-10-12-18-53(47)67(55)44-26-28-46(41(32-44)37-63)58-64-57(40-14-8-7-9-15-40)65-59(66-58)49-29-27-45(35-50(49)39-22-20-38(36-62)21-23-39)68-54-19-13-11-17-48(54)52-34-43(61(4,5)6)25-31-56(52)68/h7-35H,1-6H3. The number of nitrogens with zero attached hydrogens (tertiary/aromatic N) is 7. The number of fused-ring (bicyclic) bond motifs is 6.